The molecule has 0 amide bonds. The minimum atomic E-state index is -0.0526. The van der Waals surface area contributed by atoms with Gasteiger partial charge >= 0.3 is 0 Å². The molecule has 0 fully saturated rings. The summed E-state index contributed by atoms with van der Waals surface area (Å²) in [7, 11) is 0. The van der Waals surface area contributed by atoms with Gasteiger partial charge in [-0.3, -0.25) is 4.79 Å². The largest absolute Gasteiger partial charge is 0.489 e. The molecular weight excluding hydrogens is 236 g/mol. The molecule has 98 valence electrons. The minimum Gasteiger partial charge on any atom is -0.489 e. The zero-order valence-corrected chi connectivity index (χ0v) is 11.3. The van der Waals surface area contributed by atoms with E-state index in [1.165, 1.54) is 0 Å². The Kier molecular flexibility index (Phi) is 4.35. The van der Waals surface area contributed by atoms with Crippen LogP contribution >= 0.6 is 0 Å². The van der Waals surface area contributed by atoms with Crippen molar-refractivity contribution >= 4 is 5.78 Å². The molecule has 1 atom stereocenters. The van der Waals surface area contributed by atoms with Gasteiger partial charge in [-0.2, -0.15) is 0 Å². The van der Waals surface area contributed by atoms with E-state index in [0.717, 1.165) is 16.9 Å². The zero-order valence-electron chi connectivity index (χ0n) is 11.3. The number of Topliss-reactive ketones (excluding diaryl/α,β-unsaturated/α-hetero) is 1. The summed E-state index contributed by atoms with van der Waals surface area (Å²) in [5.41, 5.74) is 2.17. The van der Waals surface area contributed by atoms with Crippen molar-refractivity contribution in [3.63, 3.8) is 0 Å². The van der Waals surface area contributed by atoms with E-state index in [0.29, 0.717) is 6.61 Å². The molecule has 2 nitrogen and oxygen atoms in total. The molecule has 0 saturated heterocycles. The van der Waals surface area contributed by atoms with Crippen LogP contribution in [0.1, 0.15) is 30.9 Å². The number of carbonyl (C=O) groups excluding carboxylic acids is 1. The predicted octanol–water partition coefficient (Wildman–Crippen LogP) is 3.96. The minimum absolute atomic E-state index is 0.0526. The number of ketones is 1. The fraction of sp³-hybridized carbons (Fsp3) is 0.235. The molecule has 0 aliphatic carbocycles. The topological polar surface area (TPSA) is 26.3 Å². The highest BCUT2D eigenvalue weighted by Gasteiger charge is 2.09. The second-order valence-electron chi connectivity index (χ2n) is 4.68. The molecule has 0 heterocycles. The highest BCUT2D eigenvalue weighted by Crippen LogP contribution is 2.20. The molecule has 0 aliphatic heterocycles. The van der Waals surface area contributed by atoms with E-state index in [1.54, 1.807) is 6.92 Å². The van der Waals surface area contributed by atoms with Gasteiger partial charge in [-0.05, 0) is 30.2 Å². The monoisotopic (exact) mass is 254 g/mol. The predicted molar refractivity (Wildman–Crippen MR) is 76.3 cm³/mol. The van der Waals surface area contributed by atoms with Crippen LogP contribution in [0.3, 0.4) is 0 Å². The van der Waals surface area contributed by atoms with E-state index < -0.39 is 0 Å². The maximum atomic E-state index is 11.3. The number of carbonyl (C=O) groups is 1. The highest BCUT2D eigenvalue weighted by molar-refractivity contribution is 5.82. The summed E-state index contributed by atoms with van der Waals surface area (Å²) >= 11 is 0. The molecule has 1 unspecified atom stereocenters. The standard InChI is InChI=1S/C17H18O2/c1-13(14(2)18)16-8-10-17(11-9-16)19-12-15-6-4-3-5-7-15/h3-11,13H,12H2,1-2H3. The SMILES string of the molecule is CC(=O)C(C)c1ccc(OCc2ccccc2)cc1. The van der Waals surface area contributed by atoms with Gasteiger partial charge in [0.2, 0.25) is 0 Å². The lowest BCUT2D eigenvalue weighted by atomic mass is 9.98. The van der Waals surface area contributed by atoms with Crippen LogP contribution in [0.25, 0.3) is 0 Å². The van der Waals surface area contributed by atoms with Gasteiger partial charge in [0, 0.05) is 5.92 Å². The Morgan fingerprint density at radius 1 is 1.05 bits per heavy atom. The van der Waals surface area contributed by atoms with E-state index in [4.69, 9.17) is 4.74 Å². The third-order valence-electron chi connectivity index (χ3n) is 3.24. The van der Waals surface area contributed by atoms with Gasteiger partial charge < -0.3 is 4.74 Å². The van der Waals surface area contributed by atoms with Crippen LogP contribution in [-0.2, 0) is 11.4 Å². The first-order valence-corrected chi connectivity index (χ1v) is 6.44. The second kappa shape index (κ2) is 6.19. The smallest absolute Gasteiger partial charge is 0.136 e. The Bertz CT molecular complexity index is 529. The molecule has 2 heteroatoms. The first-order valence-electron chi connectivity index (χ1n) is 6.44. The molecule has 2 aromatic carbocycles. The quantitative estimate of drug-likeness (QED) is 0.807. The Labute approximate surface area is 114 Å². The van der Waals surface area contributed by atoms with Crippen molar-refractivity contribution in [3.05, 3.63) is 65.7 Å². The van der Waals surface area contributed by atoms with Crippen molar-refractivity contribution in [2.24, 2.45) is 0 Å². The Morgan fingerprint density at radius 3 is 2.26 bits per heavy atom. The van der Waals surface area contributed by atoms with Crippen molar-refractivity contribution in [2.75, 3.05) is 0 Å². The fourth-order valence-corrected chi connectivity index (χ4v) is 1.83. The summed E-state index contributed by atoms with van der Waals surface area (Å²) in [5.74, 6) is 0.949. The van der Waals surface area contributed by atoms with Gasteiger partial charge in [-0.25, -0.2) is 0 Å². The molecule has 2 aromatic rings. The van der Waals surface area contributed by atoms with E-state index >= 15 is 0 Å². The summed E-state index contributed by atoms with van der Waals surface area (Å²) in [6, 6.07) is 17.8. The average molecular weight is 254 g/mol. The van der Waals surface area contributed by atoms with Crippen LogP contribution in [0.4, 0.5) is 0 Å². The number of rotatable bonds is 5. The fourth-order valence-electron chi connectivity index (χ4n) is 1.83. The molecule has 0 saturated carbocycles. The number of benzene rings is 2. The Morgan fingerprint density at radius 2 is 1.68 bits per heavy atom. The Hall–Kier alpha value is -2.09. The summed E-state index contributed by atoms with van der Waals surface area (Å²) < 4.78 is 5.70. The lowest BCUT2D eigenvalue weighted by Crippen LogP contribution is -2.04. The van der Waals surface area contributed by atoms with Crippen LogP contribution in [0, 0.1) is 0 Å². The van der Waals surface area contributed by atoms with Crippen molar-refractivity contribution in [1.29, 1.82) is 0 Å². The van der Waals surface area contributed by atoms with Crippen LogP contribution < -0.4 is 4.74 Å². The molecule has 0 aliphatic rings. The van der Waals surface area contributed by atoms with Gasteiger partial charge in [-0.1, -0.05) is 49.4 Å². The summed E-state index contributed by atoms with van der Waals surface area (Å²) in [6.07, 6.45) is 0. The normalized spacial score (nSPS) is 11.9. The number of hydrogen-bond acceptors (Lipinski definition) is 2. The van der Waals surface area contributed by atoms with E-state index in [1.807, 2.05) is 61.5 Å². The van der Waals surface area contributed by atoms with Gasteiger partial charge in [0.05, 0.1) is 0 Å². The van der Waals surface area contributed by atoms with E-state index in [-0.39, 0.29) is 11.7 Å². The first kappa shape index (κ1) is 13.3. The molecular formula is C17H18O2. The molecule has 0 aromatic heterocycles. The van der Waals surface area contributed by atoms with E-state index in [9.17, 15) is 4.79 Å². The van der Waals surface area contributed by atoms with Crippen molar-refractivity contribution in [1.82, 2.24) is 0 Å². The Balaban J connectivity index is 1.97. The van der Waals surface area contributed by atoms with Crippen molar-refractivity contribution < 1.29 is 9.53 Å². The maximum Gasteiger partial charge on any atom is 0.136 e. The van der Waals surface area contributed by atoms with Gasteiger partial charge in [0.25, 0.3) is 0 Å². The van der Waals surface area contributed by atoms with Crippen molar-refractivity contribution in [2.45, 2.75) is 26.4 Å². The molecule has 0 spiro atoms. The lowest BCUT2D eigenvalue weighted by Gasteiger charge is -2.10. The average Bonchev–Trinajstić information content (AvgIpc) is 2.46. The second-order valence-corrected chi connectivity index (χ2v) is 4.68. The van der Waals surface area contributed by atoms with Gasteiger partial charge in [0.1, 0.15) is 18.1 Å². The molecule has 0 radical (unpaired) electrons. The van der Waals surface area contributed by atoms with Crippen LogP contribution in [-0.4, -0.2) is 5.78 Å². The van der Waals surface area contributed by atoms with Crippen LogP contribution in [0.2, 0.25) is 0 Å². The maximum absolute atomic E-state index is 11.3. The summed E-state index contributed by atoms with van der Waals surface area (Å²) in [4.78, 5) is 11.3. The lowest BCUT2D eigenvalue weighted by molar-refractivity contribution is -0.118. The molecule has 2 rings (SSSR count). The third kappa shape index (κ3) is 3.68. The first-order chi connectivity index (χ1) is 9.16. The molecule has 19 heavy (non-hydrogen) atoms. The van der Waals surface area contributed by atoms with E-state index in [2.05, 4.69) is 0 Å². The summed E-state index contributed by atoms with van der Waals surface area (Å²) in [5, 5.41) is 0. The number of hydrogen-bond donors (Lipinski definition) is 0. The van der Waals surface area contributed by atoms with Crippen LogP contribution in [0.5, 0.6) is 5.75 Å². The number of ether oxygens (including phenoxy) is 1. The van der Waals surface area contributed by atoms with Crippen molar-refractivity contribution in [3.8, 4) is 5.75 Å². The highest BCUT2D eigenvalue weighted by atomic mass is 16.5. The summed E-state index contributed by atoms with van der Waals surface area (Å²) in [6.45, 7) is 4.09. The van der Waals surface area contributed by atoms with Gasteiger partial charge in [0.15, 0.2) is 0 Å². The van der Waals surface area contributed by atoms with Gasteiger partial charge in [-0.15, -0.1) is 0 Å². The zero-order chi connectivity index (χ0) is 13.7. The molecule has 0 N–H and O–H groups in total. The third-order valence-corrected chi connectivity index (χ3v) is 3.24. The van der Waals surface area contributed by atoms with Crippen LogP contribution in [0.15, 0.2) is 54.6 Å². The molecule has 0 bridgehead atoms.